The van der Waals surface area contributed by atoms with Crippen molar-refractivity contribution in [1.29, 1.82) is 0 Å². The van der Waals surface area contributed by atoms with Gasteiger partial charge in [0.1, 0.15) is 17.6 Å². The molecule has 0 aliphatic heterocycles. The molecule has 0 amide bonds. The highest BCUT2D eigenvalue weighted by atomic mass is 16.4. The normalized spacial score (nSPS) is 12.3. The summed E-state index contributed by atoms with van der Waals surface area (Å²) >= 11 is 0. The van der Waals surface area contributed by atoms with Crippen LogP contribution in [0.1, 0.15) is 37.5 Å². The van der Waals surface area contributed by atoms with Gasteiger partial charge < -0.3 is 9.52 Å². The van der Waals surface area contributed by atoms with Crippen molar-refractivity contribution < 1.29 is 14.3 Å². The van der Waals surface area contributed by atoms with Crippen molar-refractivity contribution in [2.75, 3.05) is 0 Å². The lowest BCUT2D eigenvalue weighted by molar-refractivity contribution is -0.139. The number of carbonyl (C=O) groups is 1. The minimum absolute atomic E-state index is 0.423. The number of carboxylic acids is 1. The highest BCUT2D eigenvalue weighted by Crippen LogP contribution is 2.22. The number of nitrogens with one attached hydrogen (secondary N) is 1. The molecule has 118 valence electrons. The van der Waals surface area contributed by atoms with E-state index < -0.39 is 12.0 Å². The van der Waals surface area contributed by atoms with Gasteiger partial charge in [0.05, 0.1) is 6.54 Å². The third-order valence-corrected chi connectivity index (χ3v) is 3.66. The Kier molecular flexibility index (Phi) is 5.78. The Morgan fingerprint density at radius 1 is 1.23 bits per heavy atom. The van der Waals surface area contributed by atoms with Crippen molar-refractivity contribution in [2.45, 2.75) is 45.7 Å². The van der Waals surface area contributed by atoms with Crippen LogP contribution >= 0.6 is 0 Å². The van der Waals surface area contributed by atoms with Crippen LogP contribution in [0.5, 0.6) is 0 Å². The van der Waals surface area contributed by atoms with Crippen molar-refractivity contribution in [3.63, 3.8) is 0 Å². The highest BCUT2D eigenvalue weighted by Gasteiger charge is 2.16. The van der Waals surface area contributed by atoms with E-state index in [4.69, 9.17) is 4.42 Å². The third-order valence-electron chi connectivity index (χ3n) is 3.66. The molecule has 1 heterocycles. The number of carboxylic acid groups (broad SMARTS) is 1. The lowest BCUT2D eigenvalue weighted by Gasteiger charge is -2.12. The SMILES string of the molecule is CCCC[C@H](NCc1ccc(-c2ccc(C)cc2)o1)C(=O)O. The molecular weight excluding hydrogens is 278 g/mol. The molecule has 1 atom stereocenters. The predicted molar refractivity (Wildman–Crippen MR) is 86.7 cm³/mol. The van der Waals surface area contributed by atoms with Crippen LogP contribution in [0, 0.1) is 6.92 Å². The van der Waals surface area contributed by atoms with Gasteiger partial charge in [0, 0.05) is 5.56 Å². The number of hydrogen-bond donors (Lipinski definition) is 2. The zero-order valence-electron chi connectivity index (χ0n) is 13.1. The Hall–Kier alpha value is -2.07. The van der Waals surface area contributed by atoms with Crippen LogP contribution in [-0.2, 0) is 11.3 Å². The first-order valence-electron chi connectivity index (χ1n) is 7.72. The maximum atomic E-state index is 11.2. The van der Waals surface area contributed by atoms with E-state index in [2.05, 4.69) is 12.2 Å². The average Bonchev–Trinajstić information content (AvgIpc) is 2.96. The van der Waals surface area contributed by atoms with Gasteiger partial charge >= 0.3 is 5.97 Å². The lowest BCUT2D eigenvalue weighted by Crippen LogP contribution is -2.36. The van der Waals surface area contributed by atoms with Gasteiger partial charge in [0.25, 0.3) is 0 Å². The summed E-state index contributed by atoms with van der Waals surface area (Å²) in [4.78, 5) is 11.2. The number of benzene rings is 1. The molecule has 4 nitrogen and oxygen atoms in total. The minimum Gasteiger partial charge on any atom is -0.480 e. The molecule has 0 radical (unpaired) electrons. The van der Waals surface area contributed by atoms with E-state index >= 15 is 0 Å². The van der Waals surface area contributed by atoms with Gasteiger partial charge in [-0.3, -0.25) is 10.1 Å². The highest BCUT2D eigenvalue weighted by molar-refractivity contribution is 5.73. The maximum absolute atomic E-state index is 11.2. The molecule has 2 rings (SSSR count). The summed E-state index contributed by atoms with van der Waals surface area (Å²) < 4.78 is 5.79. The summed E-state index contributed by atoms with van der Waals surface area (Å²) in [6.45, 7) is 4.52. The summed E-state index contributed by atoms with van der Waals surface area (Å²) in [7, 11) is 0. The zero-order chi connectivity index (χ0) is 15.9. The fourth-order valence-corrected chi connectivity index (χ4v) is 2.29. The maximum Gasteiger partial charge on any atom is 0.320 e. The quantitative estimate of drug-likeness (QED) is 0.774. The van der Waals surface area contributed by atoms with Crippen molar-refractivity contribution in [3.05, 3.63) is 47.7 Å². The van der Waals surface area contributed by atoms with E-state index in [-0.39, 0.29) is 0 Å². The van der Waals surface area contributed by atoms with Crippen molar-refractivity contribution in [1.82, 2.24) is 5.32 Å². The summed E-state index contributed by atoms with van der Waals surface area (Å²) in [6.07, 6.45) is 2.53. The fourth-order valence-electron chi connectivity index (χ4n) is 2.29. The Bertz CT molecular complexity index is 601. The van der Waals surface area contributed by atoms with Gasteiger partial charge in [-0.05, 0) is 25.5 Å². The first kappa shape index (κ1) is 16.3. The van der Waals surface area contributed by atoms with Crippen molar-refractivity contribution in [2.24, 2.45) is 0 Å². The smallest absolute Gasteiger partial charge is 0.320 e. The van der Waals surface area contributed by atoms with Crippen LogP contribution in [-0.4, -0.2) is 17.1 Å². The second-order valence-corrected chi connectivity index (χ2v) is 5.55. The monoisotopic (exact) mass is 301 g/mol. The van der Waals surface area contributed by atoms with E-state index in [1.165, 1.54) is 5.56 Å². The number of aliphatic carboxylic acids is 1. The summed E-state index contributed by atoms with van der Waals surface area (Å²) in [6, 6.07) is 11.4. The Labute approximate surface area is 131 Å². The molecule has 0 spiro atoms. The van der Waals surface area contributed by atoms with E-state index in [9.17, 15) is 9.90 Å². The summed E-state index contributed by atoms with van der Waals surface area (Å²) in [5.74, 6) is 0.745. The Morgan fingerprint density at radius 2 is 1.95 bits per heavy atom. The van der Waals surface area contributed by atoms with Crippen LogP contribution in [0.4, 0.5) is 0 Å². The van der Waals surface area contributed by atoms with Gasteiger partial charge in [0.15, 0.2) is 0 Å². The molecule has 0 aliphatic rings. The number of hydrogen-bond acceptors (Lipinski definition) is 3. The molecule has 22 heavy (non-hydrogen) atoms. The van der Waals surface area contributed by atoms with Crippen molar-refractivity contribution in [3.8, 4) is 11.3 Å². The van der Waals surface area contributed by atoms with Gasteiger partial charge in [-0.2, -0.15) is 0 Å². The molecule has 0 bridgehead atoms. The second-order valence-electron chi connectivity index (χ2n) is 5.55. The molecule has 1 aromatic heterocycles. The number of aryl methyl sites for hydroxylation is 1. The average molecular weight is 301 g/mol. The van der Waals surface area contributed by atoms with Crippen LogP contribution in [0.2, 0.25) is 0 Å². The number of furan rings is 1. The van der Waals surface area contributed by atoms with Gasteiger partial charge in [-0.25, -0.2) is 0 Å². The molecule has 0 saturated heterocycles. The minimum atomic E-state index is -0.807. The predicted octanol–water partition coefficient (Wildman–Crippen LogP) is 3.99. The zero-order valence-corrected chi connectivity index (χ0v) is 13.1. The van der Waals surface area contributed by atoms with E-state index in [0.717, 1.165) is 29.9 Å². The van der Waals surface area contributed by atoms with Crippen LogP contribution in [0.3, 0.4) is 0 Å². The van der Waals surface area contributed by atoms with E-state index in [1.54, 1.807) is 0 Å². The first-order valence-corrected chi connectivity index (χ1v) is 7.72. The van der Waals surface area contributed by atoms with Crippen LogP contribution in [0.25, 0.3) is 11.3 Å². The molecule has 2 N–H and O–H groups in total. The van der Waals surface area contributed by atoms with Crippen LogP contribution in [0.15, 0.2) is 40.8 Å². The number of unbranched alkanes of at least 4 members (excludes halogenated alkanes) is 1. The fraction of sp³-hybridized carbons (Fsp3) is 0.389. The first-order chi connectivity index (χ1) is 10.6. The van der Waals surface area contributed by atoms with Gasteiger partial charge in [-0.1, -0.05) is 49.6 Å². The Balaban J connectivity index is 1.96. The second kappa shape index (κ2) is 7.80. The molecule has 0 fully saturated rings. The number of rotatable bonds is 8. The van der Waals surface area contributed by atoms with Crippen LogP contribution < -0.4 is 5.32 Å². The molecule has 0 saturated carbocycles. The molecule has 0 aliphatic carbocycles. The van der Waals surface area contributed by atoms with E-state index in [0.29, 0.717) is 13.0 Å². The van der Waals surface area contributed by atoms with E-state index in [1.807, 2.05) is 43.3 Å². The van der Waals surface area contributed by atoms with Crippen molar-refractivity contribution >= 4 is 5.97 Å². The molecular formula is C18H23NO3. The Morgan fingerprint density at radius 3 is 2.59 bits per heavy atom. The molecule has 2 aromatic rings. The standard InChI is InChI=1S/C18H23NO3/c1-3-4-5-16(18(20)21)19-12-15-10-11-17(22-15)14-8-6-13(2)7-9-14/h6-11,16,19H,3-5,12H2,1-2H3,(H,20,21)/t16-/m0/s1. The lowest BCUT2D eigenvalue weighted by atomic mass is 10.1. The summed E-state index contributed by atoms with van der Waals surface area (Å²) in [5.41, 5.74) is 2.23. The summed E-state index contributed by atoms with van der Waals surface area (Å²) in [5, 5.41) is 12.2. The van der Waals surface area contributed by atoms with Gasteiger partial charge in [-0.15, -0.1) is 0 Å². The third kappa shape index (κ3) is 4.46. The van der Waals surface area contributed by atoms with Gasteiger partial charge in [0.2, 0.25) is 0 Å². The molecule has 0 unspecified atom stereocenters. The largest absolute Gasteiger partial charge is 0.480 e. The molecule has 4 heteroatoms. The molecule has 1 aromatic carbocycles. The topological polar surface area (TPSA) is 62.5 Å².